The molecular weight excluding hydrogens is 252 g/mol. The number of fused-ring (bicyclic) bond motifs is 1. The Bertz CT molecular complexity index is 796. The third-order valence-corrected chi connectivity index (χ3v) is 3.54. The SMILES string of the molecule is Cc1ccc(C)c(NC(=O)c2cc3occc3n2C)c1. The molecule has 0 aliphatic heterocycles. The summed E-state index contributed by atoms with van der Waals surface area (Å²) in [5.74, 6) is -0.132. The Labute approximate surface area is 117 Å². The molecule has 1 aromatic carbocycles. The van der Waals surface area contributed by atoms with Crippen molar-refractivity contribution in [2.45, 2.75) is 13.8 Å². The average Bonchev–Trinajstić information content (AvgIpc) is 2.97. The summed E-state index contributed by atoms with van der Waals surface area (Å²) in [4.78, 5) is 12.4. The van der Waals surface area contributed by atoms with Crippen LogP contribution in [-0.2, 0) is 7.05 Å². The first-order chi connectivity index (χ1) is 9.56. The molecule has 0 spiro atoms. The number of furan rings is 1. The summed E-state index contributed by atoms with van der Waals surface area (Å²) in [5, 5.41) is 2.96. The lowest BCUT2D eigenvalue weighted by molar-refractivity contribution is 0.101. The van der Waals surface area contributed by atoms with Gasteiger partial charge in [-0.3, -0.25) is 4.79 Å². The molecule has 0 saturated heterocycles. The van der Waals surface area contributed by atoms with E-state index >= 15 is 0 Å². The molecule has 0 unspecified atom stereocenters. The lowest BCUT2D eigenvalue weighted by atomic mass is 10.1. The van der Waals surface area contributed by atoms with Gasteiger partial charge in [0.1, 0.15) is 5.69 Å². The molecule has 0 aliphatic carbocycles. The number of carbonyl (C=O) groups is 1. The number of hydrogen-bond acceptors (Lipinski definition) is 2. The lowest BCUT2D eigenvalue weighted by Crippen LogP contribution is -2.16. The van der Waals surface area contributed by atoms with Crippen LogP contribution in [0.4, 0.5) is 5.69 Å². The lowest BCUT2D eigenvalue weighted by Gasteiger charge is -2.10. The van der Waals surface area contributed by atoms with Gasteiger partial charge < -0.3 is 14.3 Å². The van der Waals surface area contributed by atoms with Crippen molar-refractivity contribution >= 4 is 22.7 Å². The van der Waals surface area contributed by atoms with Crippen molar-refractivity contribution in [1.82, 2.24) is 4.57 Å². The van der Waals surface area contributed by atoms with Crippen molar-refractivity contribution in [2.75, 3.05) is 5.32 Å². The molecule has 2 heterocycles. The first-order valence-electron chi connectivity index (χ1n) is 6.48. The predicted molar refractivity (Wildman–Crippen MR) is 79.1 cm³/mol. The maximum atomic E-state index is 12.4. The number of aryl methyl sites for hydroxylation is 3. The third-order valence-electron chi connectivity index (χ3n) is 3.54. The number of nitrogens with one attached hydrogen (secondary N) is 1. The molecule has 4 heteroatoms. The van der Waals surface area contributed by atoms with Gasteiger partial charge in [-0.2, -0.15) is 0 Å². The molecule has 0 atom stereocenters. The molecule has 3 aromatic rings. The first-order valence-corrected chi connectivity index (χ1v) is 6.48. The number of carbonyl (C=O) groups excluding carboxylic acids is 1. The summed E-state index contributed by atoms with van der Waals surface area (Å²) < 4.78 is 7.15. The van der Waals surface area contributed by atoms with Gasteiger partial charge >= 0.3 is 0 Å². The predicted octanol–water partition coefficient (Wildman–Crippen LogP) is 3.64. The quantitative estimate of drug-likeness (QED) is 0.771. The van der Waals surface area contributed by atoms with Crippen molar-refractivity contribution in [1.29, 1.82) is 0 Å². The van der Waals surface area contributed by atoms with E-state index in [4.69, 9.17) is 4.42 Å². The number of benzene rings is 1. The molecule has 0 aliphatic rings. The number of anilines is 1. The van der Waals surface area contributed by atoms with Crippen LogP contribution in [0.25, 0.3) is 11.1 Å². The summed E-state index contributed by atoms with van der Waals surface area (Å²) in [7, 11) is 1.86. The van der Waals surface area contributed by atoms with Gasteiger partial charge in [-0.25, -0.2) is 0 Å². The minimum absolute atomic E-state index is 0.132. The number of rotatable bonds is 2. The first kappa shape index (κ1) is 12.5. The van der Waals surface area contributed by atoms with Crippen LogP contribution in [0.1, 0.15) is 21.6 Å². The van der Waals surface area contributed by atoms with E-state index in [1.54, 1.807) is 12.3 Å². The molecule has 0 radical (unpaired) electrons. The Kier molecular flexibility index (Phi) is 2.86. The summed E-state index contributed by atoms with van der Waals surface area (Å²) in [6.45, 7) is 3.98. The summed E-state index contributed by atoms with van der Waals surface area (Å²) >= 11 is 0. The van der Waals surface area contributed by atoms with Gasteiger partial charge in [0.2, 0.25) is 0 Å². The molecule has 1 N–H and O–H groups in total. The van der Waals surface area contributed by atoms with E-state index in [-0.39, 0.29) is 5.91 Å². The van der Waals surface area contributed by atoms with Crippen molar-refractivity contribution in [2.24, 2.45) is 7.05 Å². The summed E-state index contributed by atoms with van der Waals surface area (Å²) in [6.07, 6.45) is 1.62. The van der Waals surface area contributed by atoms with E-state index in [1.165, 1.54) is 0 Å². The zero-order valence-corrected chi connectivity index (χ0v) is 11.7. The van der Waals surface area contributed by atoms with Crippen LogP contribution < -0.4 is 5.32 Å². The fourth-order valence-electron chi connectivity index (χ4n) is 2.32. The van der Waals surface area contributed by atoms with Gasteiger partial charge in [0.15, 0.2) is 5.58 Å². The average molecular weight is 268 g/mol. The zero-order valence-electron chi connectivity index (χ0n) is 11.7. The molecular formula is C16H16N2O2. The van der Waals surface area contributed by atoms with Crippen LogP contribution in [0.5, 0.6) is 0 Å². The summed E-state index contributed by atoms with van der Waals surface area (Å²) in [6, 6.07) is 9.61. The number of hydrogen-bond donors (Lipinski definition) is 1. The van der Waals surface area contributed by atoms with Crippen molar-refractivity contribution in [3.63, 3.8) is 0 Å². The Morgan fingerprint density at radius 1 is 1.20 bits per heavy atom. The van der Waals surface area contributed by atoms with Crippen LogP contribution >= 0.6 is 0 Å². The maximum absolute atomic E-state index is 12.4. The minimum atomic E-state index is -0.132. The molecule has 2 aromatic heterocycles. The number of nitrogens with zero attached hydrogens (tertiary/aromatic N) is 1. The van der Waals surface area contributed by atoms with Gasteiger partial charge in [0.25, 0.3) is 5.91 Å². The Morgan fingerprint density at radius 3 is 2.75 bits per heavy atom. The fourth-order valence-corrected chi connectivity index (χ4v) is 2.32. The highest BCUT2D eigenvalue weighted by Gasteiger charge is 2.15. The van der Waals surface area contributed by atoms with Crippen LogP contribution in [-0.4, -0.2) is 10.5 Å². The van der Waals surface area contributed by atoms with E-state index in [2.05, 4.69) is 5.32 Å². The highest BCUT2D eigenvalue weighted by atomic mass is 16.3. The van der Waals surface area contributed by atoms with Crippen LogP contribution in [0.3, 0.4) is 0 Å². The van der Waals surface area contributed by atoms with E-state index < -0.39 is 0 Å². The maximum Gasteiger partial charge on any atom is 0.272 e. The van der Waals surface area contributed by atoms with Gasteiger partial charge in [0, 0.05) is 24.9 Å². The van der Waals surface area contributed by atoms with E-state index in [0.717, 1.165) is 27.9 Å². The zero-order chi connectivity index (χ0) is 14.3. The normalized spacial score (nSPS) is 10.9. The van der Waals surface area contributed by atoms with Crippen LogP contribution in [0.2, 0.25) is 0 Å². The standard InChI is InChI=1S/C16H16N2O2/c1-10-4-5-11(2)12(8-10)17-16(19)14-9-15-13(18(14)3)6-7-20-15/h4-9H,1-3H3,(H,17,19). The number of aromatic nitrogens is 1. The highest BCUT2D eigenvalue weighted by Crippen LogP contribution is 2.22. The van der Waals surface area contributed by atoms with Crippen LogP contribution in [0.15, 0.2) is 41.0 Å². The number of amides is 1. The second kappa shape index (κ2) is 4.56. The second-order valence-corrected chi connectivity index (χ2v) is 5.03. The van der Waals surface area contributed by atoms with Gasteiger partial charge in [0.05, 0.1) is 11.8 Å². The molecule has 0 fully saturated rings. The molecule has 0 saturated carbocycles. The van der Waals surface area contributed by atoms with Gasteiger partial charge in [-0.15, -0.1) is 0 Å². The molecule has 0 bridgehead atoms. The Hall–Kier alpha value is -2.49. The minimum Gasteiger partial charge on any atom is -0.463 e. The van der Waals surface area contributed by atoms with Crippen molar-refractivity contribution < 1.29 is 9.21 Å². The third kappa shape index (κ3) is 1.99. The fraction of sp³-hybridized carbons (Fsp3) is 0.188. The van der Waals surface area contributed by atoms with Gasteiger partial charge in [-0.05, 0) is 31.0 Å². The van der Waals surface area contributed by atoms with Crippen molar-refractivity contribution in [3.05, 3.63) is 53.4 Å². The molecule has 102 valence electrons. The van der Waals surface area contributed by atoms with Crippen molar-refractivity contribution in [3.8, 4) is 0 Å². The molecule has 3 rings (SSSR count). The Morgan fingerprint density at radius 2 is 2.00 bits per heavy atom. The Balaban J connectivity index is 1.94. The molecule has 20 heavy (non-hydrogen) atoms. The van der Waals surface area contributed by atoms with E-state index in [9.17, 15) is 4.79 Å². The largest absolute Gasteiger partial charge is 0.463 e. The monoisotopic (exact) mass is 268 g/mol. The molecule has 4 nitrogen and oxygen atoms in total. The summed E-state index contributed by atoms with van der Waals surface area (Å²) in [5.41, 5.74) is 5.22. The van der Waals surface area contributed by atoms with Gasteiger partial charge in [-0.1, -0.05) is 12.1 Å². The second-order valence-electron chi connectivity index (χ2n) is 5.03. The van der Waals surface area contributed by atoms with Crippen LogP contribution in [0, 0.1) is 13.8 Å². The van der Waals surface area contributed by atoms with E-state index in [1.807, 2.05) is 49.7 Å². The smallest absolute Gasteiger partial charge is 0.272 e. The topological polar surface area (TPSA) is 47.2 Å². The highest BCUT2D eigenvalue weighted by molar-refractivity contribution is 6.06. The van der Waals surface area contributed by atoms with E-state index in [0.29, 0.717) is 5.69 Å². The molecule has 1 amide bonds.